The Morgan fingerprint density at radius 1 is 1.09 bits per heavy atom. The van der Waals surface area contributed by atoms with Gasteiger partial charge in [0.25, 0.3) is 11.6 Å². The number of carbonyl (C=O) groups excluding carboxylic acids is 1. The quantitative estimate of drug-likeness (QED) is 0.264. The molecule has 8 nitrogen and oxygen atoms in total. The number of nitro groups is 1. The van der Waals surface area contributed by atoms with Crippen LogP contribution in [0.1, 0.15) is 33.3 Å². The first-order valence-electron chi connectivity index (χ1n) is 10.3. The van der Waals surface area contributed by atoms with Gasteiger partial charge in [-0.3, -0.25) is 19.7 Å². The maximum absolute atomic E-state index is 13.6. The normalized spacial score (nSPS) is 14.9. The van der Waals surface area contributed by atoms with E-state index < -0.39 is 16.9 Å². The van der Waals surface area contributed by atoms with Gasteiger partial charge in [0, 0.05) is 23.2 Å². The first kappa shape index (κ1) is 21.8. The molecule has 4 aromatic rings. The van der Waals surface area contributed by atoms with Crippen molar-refractivity contribution in [1.82, 2.24) is 4.90 Å². The van der Waals surface area contributed by atoms with Crippen LogP contribution in [0.4, 0.5) is 5.69 Å². The maximum Gasteiger partial charge on any atom is 0.291 e. The molecule has 0 unspecified atom stereocenters. The number of benzene rings is 3. The van der Waals surface area contributed by atoms with Gasteiger partial charge in [0.1, 0.15) is 11.3 Å². The number of methoxy groups -OCH3 is 1. The molecule has 34 heavy (non-hydrogen) atoms. The third-order valence-electron chi connectivity index (χ3n) is 5.84. The molecule has 0 aliphatic carbocycles. The number of ether oxygens (including phenoxy) is 1. The maximum atomic E-state index is 13.6. The molecule has 0 N–H and O–H groups in total. The van der Waals surface area contributed by atoms with Crippen LogP contribution in [0, 0.1) is 10.1 Å². The van der Waals surface area contributed by atoms with Crippen molar-refractivity contribution in [1.29, 1.82) is 0 Å². The van der Waals surface area contributed by atoms with E-state index >= 15 is 0 Å². The second-order valence-corrected chi connectivity index (χ2v) is 8.77. The highest BCUT2D eigenvalue weighted by Gasteiger charge is 2.43. The molecule has 0 spiro atoms. The molecule has 1 aromatic heterocycles. The van der Waals surface area contributed by atoms with Crippen LogP contribution in [0.2, 0.25) is 0 Å². The minimum atomic E-state index is -0.843. The highest BCUT2D eigenvalue weighted by atomic mass is 79.9. The van der Waals surface area contributed by atoms with Gasteiger partial charge in [-0.25, -0.2) is 0 Å². The van der Waals surface area contributed by atoms with Crippen molar-refractivity contribution < 1.29 is 18.9 Å². The fourth-order valence-corrected chi connectivity index (χ4v) is 4.60. The van der Waals surface area contributed by atoms with Crippen LogP contribution in [0.3, 0.4) is 0 Å². The fourth-order valence-electron chi connectivity index (χ4n) is 4.24. The highest BCUT2D eigenvalue weighted by Crippen LogP contribution is 2.40. The summed E-state index contributed by atoms with van der Waals surface area (Å²) in [6, 6.07) is 17.3. The van der Waals surface area contributed by atoms with E-state index in [1.165, 1.54) is 17.0 Å². The Balaban J connectivity index is 1.71. The first-order chi connectivity index (χ1) is 16.4. The Hall–Kier alpha value is -3.98. The van der Waals surface area contributed by atoms with Gasteiger partial charge < -0.3 is 14.1 Å². The zero-order chi connectivity index (χ0) is 24.0. The SMILES string of the molecule is COc1ccc(CN2C(=O)c3oc4ccc(Br)cc4c(=O)c3[C@H]2c2cccc([N+](=O)[O-])c2)cc1. The minimum absolute atomic E-state index is 0.0511. The Labute approximate surface area is 201 Å². The Morgan fingerprint density at radius 3 is 2.56 bits per heavy atom. The smallest absolute Gasteiger partial charge is 0.291 e. The number of non-ortho nitro benzene ring substituents is 1. The molecular formula is C25H17BrN2O6. The standard InChI is InChI=1S/C25H17BrN2O6/c1-33-18-8-5-14(6-9-18)13-27-22(15-3-2-4-17(11-15)28(31)32)21-23(29)19-12-16(26)7-10-20(19)34-24(21)25(27)30/h2-12,22H,13H2,1H3/t22-/m1/s1. The Morgan fingerprint density at radius 2 is 1.85 bits per heavy atom. The van der Waals surface area contributed by atoms with Crippen LogP contribution in [0.25, 0.3) is 11.0 Å². The molecule has 5 rings (SSSR count). The van der Waals surface area contributed by atoms with Crippen molar-refractivity contribution >= 4 is 38.5 Å². The zero-order valence-electron chi connectivity index (χ0n) is 17.9. The lowest BCUT2D eigenvalue weighted by atomic mass is 9.98. The molecule has 0 radical (unpaired) electrons. The predicted octanol–water partition coefficient (Wildman–Crippen LogP) is 5.22. The number of halogens is 1. The van der Waals surface area contributed by atoms with Gasteiger partial charge in [-0.15, -0.1) is 0 Å². The monoisotopic (exact) mass is 520 g/mol. The molecule has 0 fully saturated rings. The van der Waals surface area contributed by atoms with Crippen molar-refractivity contribution in [2.24, 2.45) is 0 Å². The average Bonchev–Trinajstić information content (AvgIpc) is 3.12. The van der Waals surface area contributed by atoms with Gasteiger partial charge in [0.05, 0.1) is 29.0 Å². The number of nitrogens with zero attached hydrogens (tertiary/aromatic N) is 2. The summed E-state index contributed by atoms with van der Waals surface area (Å²) in [5.74, 6) is 0.165. The van der Waals surface area contributed by atoms with E-state index in [4.69, 9.17) is 9.15 Å². The average molecular weight is 521 g/mol. The molecule has 2 heterocycles. The Bertz CT molecular complexity index is 1510. The topological polar surface area (TPSA) is 103 Å². The molecule has 0 saturated heterocycles. The van der Waals surface area contributed by atoms with Gasteiger partial charge >= 0.3 is 0 Å². The second kappa shape index (κ2) is 8.42. The molecule has 0 saturated carbocycles. The molecule has 1 atom stereocenters. The molecule has 1 aliphatic heterocycles. The largest absolute Gasteiger partial charge is 0.497 e. The van der Waals surface area contributed by atoms with Crippen molar-refractivity contribution in [3.8, 4) is 5.75 Å². The lowest BCUT2D eigenvalue weighted by Crippen LogP contribution is -2.29. The van der Waals surface area contributed by atoms with Crippen molar-refractivity contribution in [2.75, 3.05) is 7.11 Å². The molecule has 3 aromatic carbocycles. The summed E-state index contributed by atoms with van der Waals surface area (Å²) in [6.45, 7) is 0.167. The molecule has 1 amide bonds. The summed E-state index contributed by atoms with van der Waals surface area (Å²) < 4.78 is 11.8. The number of carbonyl (C=O) groups is 1. The molecule has 9 heteroatoms. The van der Waals surface area contributed by atoms with E-state index in [1.807, 2.05) is 12.1 Å². The second-order valence-electron chi connectivity index (χ2n) is 7.85. The van der Waals surface area contributed by atoms with Crippen molar-refractivity contribution in [3.05, 3.63) is 114 Å². The predicted molar refractivity (Wildman–Crippen MR) is 128 cm³/mol. The summed E-state index contributed by atoms with van der Waals surface area (Å²) in [4.78, 5) is 39.5. The van der Waals surface area contributed by atoms with Gasteiger partial charge in [0.2, 0.25) is 5.76 Å². The van der Waals surface area contributed by atoms with Crippen LogP contribution in [-0.4, -0.2) is 22.8 Å². The van der Waals surface area contributed by atoms with E-state index in [0.717, 1.165) is 5.56 Å². The molecule has 0 bridgehead atoms. The van der Waals surface area contributed by atoms with Crippen LogP contribution in [0.15, 0.2) is 80.4 Å². The van der Waals surface area contributed by atoms with Gasteiger partial charge in [-0.05, 0) is 41.5 Å². The first-order valence-corrected chi connectivity index (χ1v) is 11.1. The summed E-state index contributed by atoms with van der Waals surface area (Å²) in [7, 11) is 1.56. The Kier molecular flexibility index (Phi) is 5.41. The lowest BCUT2D eigenvalue weighted by Gasteiger charge is -2.25. The third kappa shape index (κ3) is 3.63. The van der Waals surface area contributed by atoms with Crippen LogP contribution in [0.5, 0.6) is 5.75 Å². The number of fused-ring (bicyclic) bond motifs is 2. The van der Waals surface area contributed by atoms with E-state index in [0.29, 0.717) is 26.8 Å². The van der Waals surface area contributed by atoms with Gasteiger partial charge in [0.15, 0.2) is 5.43 Å². The van der Waals surface area contributed by atoms with E-state index in [9.17, 15) is 19.7 Å². The minimum Gasteiger partial charge on any atom is -0.497 e. The summed E-state index contributed by atoms with van der Waals surface area (Å²) >= 11 is 3.37. The van der Waals surface area contributed by atoms with E-state index in [2.05, 4.69) is 15.9 Å². The van der Waals surface area contributed by atoms with E-state index in [-0.39, 0.29) is 29.0 Å². The van der Waals surface area contributed by atoms with Crippen LogP contribution < -0.4 is 10.2 Å². The summed E-state index contributed by atoms with van der Waals surface area (Å²) in [6.07, 6.45) is 0. The summed E-state index contributed by atoms with van der Waals surface area (Å²) in [5.41, 5.74) is 1.25. The fraction of sp³-hybridized carbons (Fsp3) is 0.120. The summed E-state index contributed by atoms with van der Waals surface area (Å²) in [5, 5.41) is 11.7. The number of rotatable bonds is 5. The van der Waals surface area contributed by atoms with Crippen molar-refractivity contribution in [3.63, 3.8) is 0 Å². The van der Waals surface area contributed by atoms with Gasteiger partial charge in [-0.2, -0.15) is 0 Å². The molecular weight excluding hydrogens is 504 g/mol. The molecule has 170 valence electrons. The molecule has 1 aliphatic rings. The van der Waals surface area contributed by atoms with Gasteiger partial charge in [-0.1, -0.05) is 40.2 Å². The number of nitro benzene ring substituents is 1. The number of amides is 1. The van der Waals surface area contributed by atoms with E-state index in [1.54, 1.807) is 49.6 Å². The van der Waals surface area contributed by atoms with Crippen molar-refractivity contribution in [2.45, 2.75) is 12.6 Å². The number of hydrogen-bond donors (Lipinski definition) is 0. The van der Waals surface area contributed by atoms with Crippen LogP contribution in [-0.2, 0) is 6.54 Å². The third-order valence-corrected chi connectivity index (χ3v) is 6.33. The number of hydrogen-bond acceptors (Lipinski definition) is 6. The highest BCUT2D eigenvalue weighted by molar-refractivity contribution is 9.10. The zero-order valence-corrected chi connectivity index (χ0v) is 19.4. The van der Waals surface area contributed by atoms with Crippen LogP contribution >= 0.6 is 15.9 Å². The lowest BCUT2D eigenvalue weighted by molar-refractivity contribution is -0.384.